The van der Waals surface area contributed by atoms with E-state index < -0.39 is 27.8 Å². The van der Waals surface area contributed by atoms with Gasteiger partial charge in [-0.15, -0.1) is 0 Å². The number of rotatable bonds is 5. The maximum absolute atomic E-state index is 11.3. The summed E-state index contributed by atoms with van der Waals surface area (Å²) in [5.74, 6) is -0.443. The van der Waals surface area contributed by atoms with Crippen LogP contribution in [0.1, 0.15) is 0 Å². The Balaban J connectivity index is 3.30. The minimum absolute atomic E-state index is 0.295. The summed E-state index contributed by atoms with van der Waals surface area (Å²) in [6.45, 7) is -1.05. The van der Waals surface area contributed by atoms with E-state index in [4.69, 9.17) is 10.7 Å². The number of hydrogen-bond acceptors (Lipinski definition) is 3. The van der Waals surface area contributed by atoms with Gasteiger partial charge >= 0.3 is 0 Å². The van der Waals surface area contributed by atoms with E-state index in [2.05, 4.69) is 4.74 Å². The maximum Gasteiger partial charge on any atom is 0.261 e. The fourth-order valence-electron chi connectivity index (χ4n) is 0.331. The lowest BCUT2D eigenvalue weighted by molar-refractivity contribution is 0.0234. The van der Waals surface area contributed by atoms with Gasteiger partial charge in [0.05, 0.1) is 12.4 Å². The zero-order valence-corrected chi connectivity index (χ0v) is 7.04. The van der Waals surface area contributed by atoms with E-state index in [1.165, 1.54) is 0 Å². The first-order valence-electron chi connectivity index (χ1n) is 2.70. The first-order chi connectivity index (χ1) is 4.92. The molecule has 0 amide bonds. The first-order valence-corrected chi connectivity index (χ1v) is 5.18. The molecule has 0 unspecified atom stereocenters. The summed E-state index contributed by atoms with van der Waals surface area (Å²) in [4.78, 5) is 0. The van der Waals surface area contributed by atoms with Crippen LogP contribution in [0.2, 0.25) is 0 Å². The molecule has 0 N–H and O–H groups in total. The second-order valence-corrected chi connectivity index (χ2v) is 4.61. The van der Waals surface area contributed by atoms with Crippen molar-refractivity contribution >= 4 is 19.7 Å². The summed E-state index contributed by atoms with van der Waals surface area (Å²) >= 11 is 0. The van der Waals surface area contributed by atoms with Crippen LogP contribution in [0.5, 0.6) is 0 Å². The molecule has 0 aromatic carbocycles. The smallest absolute Gasteiger partial charge is 0.261 e. The molecule has 7 heteroatoms. The van der Waals surface area contributed by atoms with Crippen LogP contribution in [0, 0.1) is 0 Å². The quantitative estimate of drug-likeness (QED) is 0.497. The number of ether oxygens (including phenoxy) is 1. The standard InChI is InChI=1S/C4H7ClF2O3S/c5-11(8,9)2-1-10-3-4(6)7/h4H,1-3H2. The van der Waals surface area contributed by atoms with E-state index in [-0.39, 0.29) is 6.61 Å². The molecule has 0 aromatic rings. The lowest BCUT2D eigenvalue weighted by atomic mass is 10.7. The van der Waals surface area contributed by atoms with E-state index in [0.717, 1.165) is 0 Å². The van der Waals surface area contributed by atoms with Gasteiger partial charge in [0, 0.05) is 10.7 Å². The average Bonchev–Trinajstić information content (AvgIpc) is 1.78. The highest BCUT2D eigenvalue weighted by Crippen LogP contribution is 1.97. The predicted octanol–water partition coefficient (Wildman–Crippen LogP) is 0.837. The molecule has 0 aliphatic heterocycles. The molecule has 68 valence electrons. The Labute approximate surface area is 67.7 Å². The molecule has 0 spiro atoms. The van der Waals surface area contributed by atoms with Crippen molar-refractivity contribution in [2.75, 3.05) is 19.0 Å². The maximum atomic E-state index is 11.3. The summed E-state index contributed by atoms with van der Waals surface area (Å²) in [5.41, 5.74) is 0. The Morgan fingerprint density at radius 1 is 1.45 bits per heavy atom. The third-order valence-corrected chi connectivity index (χ3v) is 1.83. The number of alkyl halides is 2. The van der Waals surface area contributed by atoms with Crippen LogP contribution in [0.25, 0.3) is 0 Å². The first kappa shape index (κ1) is 11.1. The molecule has 3 nitrogen and oxygen atoms in total. The SMILES string of the molecule is O=S(=O)(Cl)CCOCC(F)F. The number of hydrogen-bond donors (Lipinski definition) is 0. The molecule has 0 heterocycles. The van der Waals surface area contributed by atoms with Crippen molar-refractivity contribution in [3.63, 3.8) is 0 Å². The normalized spacial score (nSPS) is 12.4. The monoisotopic (exact) mass is 208 g/mol. The van der Waals surface area contributed by atoms with Crippen LogP contribution in [-0.2, 0) is 13.8 Å². The van der Waals surface area contributed by atoms with E-state index in [1.54, 1.807) is 0 Å². The molecule has 0 rings (SSSR count). The highest BCUT2D eigenvalue weighted by Gasteiger charge is 2.06. The topological polar surface area (TPSA) is 43.4 Å². The molecule has 0 bridgehead atoms. The summed E-state index contributed by atoms with van der Waals surface area (Å²) in [6, 6.07) is 0. The predicted molar refractivity (Wildman–Crippen MR) is 36.5 cm³/mol. The number of halogens is 3. The van der Waals surface area contributed by atoms with Crippen LogP contribution in [0.4, 0.5) is 8.78 Å². The van der Waals surface area contributed by atoms with Crippen molar-refractivity contribution in [1.29, 1.82) is 0 Å². The highest BCUT2D eigenvalue weighted by atomic mass is 35.7. The van der Waals surface area contributed by atoms with Gasteiger partial charge in [0.1, 0.15) is 6.61 Å². The van der Waals surface area contributed by atoms with Crippen LogP contribution >= 0.6 is 10.7 Å². The van der Waals surface area contributed by atoms with Gasteiger partial charge < -0.3 is 4.74 Å². The van der Waals surface area contributed by atoms with Crippen molar-refractivity contribution in [1.82, 2.24) is 0 Å². The summed E-state index contributed by atoms with van der Waals surface area (Å²) in [5, 5.41) is 0. The van der Waals surface area contributed by atoms with Gasteiger partial charge in [0.15, 0.2) is 0 Å². The van der Waals surface area contributed by atoms with Gasteiger partial charge in [0.25, 0.3) is 6.43 Å². The average molecular weight is 209 g/mol. The molecular formula is C4H7ClF2O3S. The van der Waals surface area contributed by atoms with Crippen molar-refractivity contribution in [2.45, 2.75) is 6.43 Å². The Kier molecular flexibility index (Phi) is 4.87. The summed E-state index contributed by atoms with van der Waals surface area (Å²) in [7, 11) is 1.13. The van der Waals surface area contributed by atoms with Crippen LogP contribution in [0.3, 0.4) is 0 Å². The van der Waals surface area contributed by atoms with Gasteiger partial charge in [-0.05, 0) is 0 Å². The molecule has 11 heavy (non-hydrogen) atoms. The molecule has 0 aliphatic carbocycles. The Bertz CT molecular complexity index is 192. The zero-order valence-electron chi connectivity index (χ0n) is 5.47. The van der Waals surface area contributed by atoms with Crippen LogP contribution < -0.4 is 0 Å². The third kappa shape index (κ3) is 10.1. The molecule has 0 aromatic heterocycles. The fraction of sp³-hybridized carbons (Fsp3) is 1.00. The lowest BCUT2D eigenvalue weighted by Gasteiger charge is -1.99. The molecular weight excluding hydrogens is 202 g/mol. The summed E-state index contributed by atoms with van der Waals surface area (Å²) < 4.78 is 47.3. The van der Waals surface area contributed by atoms with E-state index in [1.807, 2.05) is 0 Å². The van der Waals surface area contributed by atoms with Crippen molar-refractivity contribution < 1.29 is 21.9 Å². The van der Waals surface area contributed by atoms with Gasteiger partial charge in [-0.25, -0.2) is 17.2 Å². The molecule has 0 atom stereocenters. The minimum atomic E-state index is -3.62. The fourth-order valence-corrected chi connectivity index (χ4v) is 0.837. The van der Waals surface area contributed by atoms with Crippen LogP contribution in [0.15, 0.2) is 0 Å². The molecule has 0 saturated carbocycles. The van der Waals surface area contributed by atoms with Gasteiger partial charge in [0.2, 0.25) is 9.05 Å². The molecule has 0 aliphatic rings. The summed E-state index contributed by atoms with van der Waals surface area (Å²) in [6.07, 6.45) is -2.58. The zero-order chi connectivity index (χ0) is 8.91. The van der Waals surface area contributed by atoms with Crippen molar-refractivity contribution in [3.05, 3.63) is 0 Å². The van der Waals surface area contributed by atoms with Gasteiger partial charge in [-0.2, -0.15) is 0 Å². The Morgan fingerprint density at radius 3 is 2.36 bits per heavy atom. The third-order valence-electron chi connectivity index (χ3n) is 0.715. The van der Waals surface area contributed by atoms with E-state index in [9.17, 15) is 17.2 Å². The molecule has 0 fully saturated rings. The van der Waals surface area contributed by atoms with Gasteiger partial charge in [-0.1, -0.05) is 0 Å². The van der Waals surface area contributed by atoms with Crippen molar-refractivity contribution in [2.24, 2.45) is 0 Å². The lowest BCUT2D eigenvalue weighted by Crippen LogP contribution is -2.11. The van der Waals surface area contributed by atoms with E-state index in [0.29, 0.717) is 0 Å². The van der Waals surface area contributed by atoms with E-state index >= 15 is 0 Å². The Morgan fingerprint density at radius 2 is 2.00 bits per heavy atom. The van der Waals surface area contributed by atoms with Crippen molar-refractivity contribution in [3.8, 4) is 0 Å². The minimum Gasteiger partial charge on any atom is -0.374 e. The Hall–Kier alpha value is 0.0600. The second kappa shape index (κ2) is 4.84. The van der Waals surface area contributed by atoms with Gasteiger partial charge in [-0.3, -0.25) is 0 Å². The second-order valence-electron chi connectivity index (χ2n) is 1.71. The van der Waals surface area contributed by atoms with Crippen LogP contribution in [-0.4, -0.2) is 33.8 Å². The molecule has 0 saturated heterocycles. The highest BCUT2D eigenvalue weighted by molar-refractivity contribution is 8.13. The largest absolute Gasteiger partial charge is 0.374 e. The molecule has 0 radical (unpaired) electrons.